The predicted octanol–water partition coefficient (Wildman–Crippen LogP) is 6.14. The lowest BCUT2D eigenvalue weighted by molar-refractivity contribution is -0.158. The molecule has 2 N–H and O–H groups in total. The molecule has 40 heavy (non-hydrogen) atoms. The van der Waals surface area contributed by atoms with Gasteiger partial charge in [-0.1, -0.05) is 82.5 Å². The molecule has 0 aliphatic rings. The van der Waals surface area contributed by atoms with Crippen LogP contribution in [0.5, 0.6) is 5.75 Å². The summed E-state index contributed by atoms with van der Waals surface area (Å²) in [6, 6.07) is 15.8. The molecule has 0 aliphatic carbocycles. The molecule has 2 aromatic rings. The fourth-order valence-corrected chi connectivity index (χ4v) is 4.22. The van der Waals surface area contributed by atoms with Crippen molar-refractivity contribution in [2.75, 3.05) is 0 Å². The Morgan fingerprint density at radius 3 is 2.10 bits per heavy atom. The second kappa shape index (κ2) is 16.7. The smallest absolute Gasteiger partial charge is 0.329 e. The van der Waals surface area contributed by atoms with E-state index in [1.165, 1.54) is 0 Å². The van der Waals surface area contributed by atoms with Gasteiger partial charge >= 0.3 is 5.97 Å². The lowest BCUT2D eigenvalue weighted by Crippen LogP contribution is -2.53. The van der Waals surface area contributed by atoms with E-state index in [9.17, 15) is 14.4 Å². The molecule has 0 aromatic heterocycles. The van der Waals surface area contributed by atoms with Crippen LogP contribution in [0.15, 0.2) is 54.6 Å². The number of nitrogens with one attached hydrogen (secondary N) is 2. The summed E-state index contributed by atoms with van der Waals surface area (Å²) in [6.45, 7) is 12.0. The number of hydrogen-bond acceptors (Lipinski definition) is 5. The van der Waals surface area contributed by atoms with Gasteiger partial charge in [0.05, 0.1) is 0 Å². The first-order valence-corrected chi connectivity index (χ1v) is 14.5. The Morgan fingerprint density at radius 2 is 1.50 bits per heavy atom. The molecule has 2 rings (SSSR count). The van der Waals surface area contributed by atoms with Crippen molar-refractivity contribution in [3.05, 3.63) is 65.7 Å². The van der Waals surface area contributed by atoms with E-state index < -0.39 is 23.7 Å². The topological polar surface area (TPSA) is 93.7 Å². The molecule has 0 radical (unpaired) electrons. The molecule has 2 atom stereocenters. The summed E-state index contributed by atoms with van der Waals surface area (Å²) < 4.78 is 11.5. The number of benzene rings is 2. The average Bonchev–Trinajstić information content (AvgIpc) is 2.89. The maximum atomic E-state index is 13.4. The van der Waals surface area contributed by atoms with Crippen LogP contribution < -0.4 is 15.4 Å². The van der Waals surface area contributed by atoms with E-state index in [0.717, 1.165) is 36.8 Å². The number of amides is 2. The molecule has 0 saturated heterocycles. The van der Waals surface area contributed by atoms with Gasteiger partial charge in [0.15, 0.2) is 0 Å². The highest BCUT2D eigenvalue weighted by molar-refractivity contribution is 5.91. The van der Waals surface area contributed by atoms with Crippen molar-refractivity contribution in [2.24, 2.45) is 5.92 Å². The van der Waals surface area contributed by atoms with E-state index in [1.807, 2.05) is 68.4 Å². The van der Waals surface area contributed by atoms with Crippen LogP contribution >= 0.6 is 0 Å². The lowest BCUT2D eigenvalue weighted by atomic mass is 10.0. The van der Waals surface area contributed by atoms with Gasteiger partial charge < -0.3 is 20.1 Å². The number of carbonyl (C=O) groups is 3. The Labute approximate surface area is 240 Å². The summed E-state index contributed by atoms with van der Waals surface area (Å²) >= 11 is 0. The quantitative estimate of drug-likeness (QED) is 0.193. The van der Waals surface area contributed by atoms with Crippen LogP contribution in [-0.2, 0) is 32.1 Å². The molecule has 0 fully saturated rings. The minimum absolute atomic E-state index is 0.142. The third kappa shape index (κ3) is 13.1. The van der Waals surface area contributed by atoms with Crippen molar-refractivity contribution in [1.82, 2.24) is 10.6 Å². The first-order chi connectivity index (χ1) is 19.0. The zero-order valence-electron chi connectivity index (χ0n) is 25.1. The zero-order valence-corrected chi connectivity index (χ0v) is 25.1. The SMILES string of the molecule is CCCCCCC(=O)NC(CC(C)C)C(=O)NC(Cc1ccc(OCc2ccccc2)cc1)C(=O)OC(C)(C)C. The van der Waals surface area contributed by atoms with E-state index in [-0.39, 0.29) is 24.2 Å². The Morgan fingerprint density at radius 1 is 0.825 bits per heavy atom. The number of ether oxygens (including phenoxy) is 2. The molecule has 0 saturated carbocycles. The van der Waals surface area contributed by atoms with Crippen molar-refractivity contribution in [3.63, 3.8) is 0 Å². The molecule has 0 heterocycles. The predicted molar refractivity (Wildman–Crippen MR) is 159 cm³/mol. The summed E-state index contributed by atoms with van der Waals surface area (Å²) in [5.41, 5.74) is 1.21. The highest BCUT2D eigenvalue weighted by Gasteiger charge is 2.30. The number of unbranched alkanes of at least 4 members (excludes halogenated alkanes) is 3. The molecule has 7 nitrogen and oxygen atoms in total. The summed E-state index contributed by atoms with van der Waals surface area (Å²) in [5.74, 6) is -0.144. The number of rotatable bonds is 16. The minimum atomic E-state index is -0.904. The van der Waals surface area contributed by atoms with Gasteiger partial charge in [-0.05, 0) is 62.8 Å². The summed E-state index contributed by atoms with van der Waals surface area (Å²) in [6.07, 6.45) is 5.06. The Kier molecular flexibility index (Phi) is 13.7. The molecule has 0 bridgehead atoms. The van der Waals surface area contributed by atoms with E-state index in [2.05, 4.69) is 17.6 Å². The second-order valence-corrected chi connectivity index (χ2v) is 11.8. The monoisotopic (exact) mass is 552 g/mol. The van der Waals surface area contributed by atoms with Gasteiger partial charge in [-0.2, -0.15) is 0 Å². The van der Waals surface area contributed by atoms with Gasteiger partial charge in [-0.15, -0.1) is 0 Å². The summed E-state index contributed by atoms with van der Waals surface area (Å²) in [5, 5.41) is 5.77. The van der Waals surface area contributed by atoms with Crippen LogP contribution in [0.25, 0.3) is 0 Å². The molecule has 0 aliphatic heterocycles. The summed E-state index contributed by atoms with van der Waals surface area (Å²) in [4.78, 5) is 39.1. The Balaban J connectivity index is 2.10. The van der Waals surface area contributed by atoms with Gasteiger partial charge in [0.1, 0.15) is 30.0 Å². The van der Waals surface area contributed by atoms with Gasteiger partial charge in [-0.25, -0.2) is 4.79 Å². The molecular formula is C33H48N2O5. The Hall–Kier alpha value is -3.35. The van der Waals surface area contributed by atoms with E-state index >= 15 is 0 Å². The number of carbonyl (C=O) groups excluding carboxylic acids is 3. The first kappa shape index (κ1) is 32.9. The standard InChI is InChI=1S/C33H48N2O5/c1-7-8-9-13-16-30(36)34-28(21-24(2)3)31(37)35-29(32(38)40-33(4,5)6)22-25-17-19-27(20-18-25)39-23-26-14-11-10-12-15-26/h10-12,14-15,17-20,24,28-29H,7-9,13,16,21-23H2,1-6H3,(H,34,36)(H,35,37). The first-order valence-electron chi connectivity index (χ1n) is 14.5. The minimum Gasteiger partial charge on any atom is -0.489 e. The average molecular weight is 553 g/mol. The van der Waals surface area contributed by atoms with Gasteiger partial charge in [0.2, 0.25) is 11.8 Å². The van der Waals surface area contributed by atoms with Crippen LogP contribution in [0.4, 0.5) is 0 Å². The molecule has 2 amide bonds. The summed E-state index contributed by atoms with van der Waals surface area (Å²) in [7, 11) is 0. The number of hydrogen-bond donors (Lipinski definition) is 2. The van der Waals surface area contributed by atoms with E-state index in [1.54, 1.807) is 20.8 Å². The highest BCUT2D eigenvalue weighted by Crippen LogP contribution is 2.17. The maximum Gasteiger partial charge on any atom is 0.329 e. The van der Waals surface area contributed by atoms with Gasteiger partial charge in [0.25, 0.3) is 0 Å². The normalized spacial score (nSPS) is 12.9. The van der Waals surface area contributed by atoms with Crippen LogP contribution in [0.3, 0.4) is 0 Å². The second-order valence-electron chi connectivity index (χ2n) is 11.8. The van der Waals surface area contributed by atoms with E-state index in [4.69, 9.17) is 9.47 Å². The van der Waals surface area contributed by atoms with Crippen LogP contribution in [0.1, 0.15) is 91.2 Å². The van der Waals surface area contributed by atoms with Crippen molar-refractivity contribution < 1.29 is 23.9 Å². The molecule has 7 heteroatoms. The molecule has 0 spiro atoms. The van der Waals surface area contributed by atoms with Crippen LogP contribution in [0, 0.1) is 5.92 Å². The van der Waals surface area contributed by atoms with E-state index in [0.29, 0.717) is 25.2 Å². The number of esters is 1. The van der Waals surface area contributed by atoms with Crippen LogP contribution in [0.2, 0.25) is 0 Å². The Bertz CT molecular complexity index is 1040. The zero-order chi connectivity index (χ0) is 29.5. The van der Waals surface area contributed by atoms with Gasteiger partial charge in [0, 0.05) is 12.8 Å². The van der Waals surface area contributed by atoms with Gasteiger partial charge in [-0.3, -0.25) is 9.59 Å². The highest BCUT2D eigenvalue weighted by atomic mass is 16.6. The maximum absolute atomic E-state index is 13.4. The largest absolute Gasteiger partial charge is 0.489 e. The fraction of sp³-hybridized carbons (Fsp3) is 0.545. The van der Waals surface area contributed by atoms with Crippen LogP contribution in [-0.4, -0.2) is 35.5 Å². The molecule has 2 aromatic carbocycles. The van der Waals surface area contributed by atoms with Crippen molar-refractivity contribution in [3.8, 4) is 5.75 Å². The lowest BCUT2D eigenvalue weighted by Gasteiger charge is -2.27. The molecular weight excluding hydrogens is 504 g/mol. The van der Waals surface area contributed by atoms with Crippen molar-refractivity contribution in [2.45, 2.75) is 111 Å². The van der Waals surface area contributed by atoms with Crippen molar-refractivity contribution in [1.29, 1.82) is 0 Å². The van der Waals surface area contributed by atoms with Crippen molar-refractivity contribution >= 4 is 17.8 Å². The molecule has 2 unspecified atom stereocenters. The molecule has 220 valence electrons. The fourth-order valence-electron chi connectivity index (χ4n) is 4.22. The third-order valence-corrected chi connectivity index (χ3v) is 6.24. The third-order valence-electron chi connectivity index (χ3n) is 6.24.